The lowest BCUT2D eigenvalue weighted by Crippen LogP contribution is -2.41. The van der Waals surface area contributed by atoms with E-state index < -0.39 is 0 Å². The van der Waals surface area contributed by atoms with E-state index in [4.69, 9.17) is 0 Å². The maximum absolute atomic E-state index is 12.2. The number of hydrogen-bond donors (Lipinski definition) is 2. The topological polar surface area (TPSA) is 73.9 Å². The third kappa shape index (κ3) is 2.46. The van der Waals surface area contributed by atoms with Crippen LogP contribution in [0.4, 0.5) is 0 Å². The highest BCUT2D eigenvalue weighted by Gasteiger charge is 2.30. The van der Waals surface area contributed by atoms with E-state index in [2.05, 4.69) is 20.5 Å². The average Bonchev–Trinajstić information content (AvgIpc) is 2.97. The van der Waals surface area contributed by atoms with Crippen LogP contribution >= 0.6 is 0 Å². The zero-order valence-electron chi connectivity index (χ0n) is 10.4. The first-order valence-electron chi connectivity index (χ1n) is 6.13. The number of H-pyrrole nitrogens is 1. The number of carbonyl (C=O) groups excluding carboxylic acids is 1. The predicted molar refractivity (Wildman–Crippen MR) is 63.7 cm³/mol. The Morgan fingerprint density at radius 2 is 2.47 bits per heavy atom. The van der Waals surface area contributed by atoms with E-state index in [9.17, 15) is 4.79 Å². The molecular formula is C11H19N5O. The molecule has 17 heavy (non-hydrogen) atoms. The molecule has 1 atom stereocenters. The molecule has 1 unspecified atom stereocenters. The van der Waals surface area contributed by atoms with Crippen molar-refractivity contribution in [2.45, 2.75) is 32.2 Å². The Morgan fingerprint density at radius 1 is 1.65 bits per heavy atom. The van der Waals surface area contributed by atoms with Crippen molar-refractivity contribution in [1.29, 1.82) is 0 Å². The van der Waals surface area contributed by atoms with E-state index in [-0.39, 0.29) is 11.9 Å². The Bertz CT molecular complexity index is 389. The molecule has 0 radical (unpaired) electrons. The van der Waals surface area contributed by atoms with Crippen LogP contribution in [0.2, 0.25) is 0 Å². The van der Waals surface area contributed by atoms with Gasteiger partial charge in [-0.1, -0.05) is 6.92 Å². The summed E-state index contributed by atoms with van der Waals surface area (Å²) < 4.78 is 0. The monoisotopic (exact) mass is 237 g/mol. The standard InChI is InChI=1S/C11H19N5O/c1-3-9-13-10(15-14-9)11(17)16-6-4-5-8(16)7-12-2/h8,12H,3-7H2,1-2H3,(H,13,14,15). The van der Waals surface area contributed by atoms with Crippen LogP contribution < -0.4 is 5.32 Å². The highest BCUT2D eigenvalue weighted by Crippen LogP contribution is 2.18. The molecule has 1 aromatic rings. The fourth-order valence-corrected chi connectivity index (χ4v) is 2.23. The van der Waals surface area contributed by atoms with Crippen molar-refractivity contribution in [2.24, 2.45) is 0 Å². The summed E-state index contributed by atoms with van der Waals surface area (Å²) in [5, 5.41) is 9.88. The quantitative estimate of drug-likeness (QED) is 0.784. The van der Waals surface area contributed by atoms with Gasteiger partial charge in [-0.25, -0.2) is 4.98 Å². The molecule has 6 heteroatoms. The molecule has 0 saturated carbocycles. The first-order chi connectivity index (χ1) is 8.26. The zero-order chi connectivity index (χ0) is 12.3. The summed E-state index contributed by atoms with van der Waals surface area (Å²) in [6, 6.07) is 0.274. The number of carbonyl (C=O) groups is 1. The van der Waals surface area contributed by atoms with Crippen LogP contribution in [-0.4, -0.2) is 52.2 Å². The number of hydrogen-bond acceptors (Lipinski definition) is 4. The Labute approximate surface area is 101 Å². The normalized spacial score (nSPS) is 19.9. The van der Waals surface area contributed by atoms with Gasteiger partial charge in [-0.2, -0.15) is 0 Å². The Hall–Kier alpha value is -1.43. The minimum absolute atomic E-state index is 0.0568. The largest absolute Gasteiger partial charge is 0.332 e. The molecule has 1 amide bonds. The lowest BCUT2D eigenvalue weighted by atomic mass is 10.2. The molecular weight excluding hydrogens is 218 g/mol. The van der Waals surface area contributed by atoms with Gasteiger partial charge in [0.2, 0.25) is 5.82 Å². The van der Waals surface area contributed by atoms with Crippen molar-refractivity contribution in [3.8, 4) is 0 Å². The van der Waals surface area contributed by atoms with Crippen molar-refractivity contribution in [2.75, 3.05) is 20.1 Å². The Kier molecular flexibility index (Phi) is 3.73. The fourth-order valence-electron chi connectivity index (χ4n) is 2.23. The van der Waals surface area contributed by atoms with E-state index >= 15 is 0 Å². The summed E-state index contributed by atoms with van der Waals surface area (Å²) in [4.78, 5) is 18.3. The Balaban J connectivity index is 2.08. The SMILES string of the molecule is CCc1nc(C(=O)N2CCCC2CNC)n[nH]1. The third-order valence-electron chi connectivity index (χ3n) is 3.14. The molecule has 0 spiro atoms. The minimum atomic E-state index is -0.0568. The first kappa shape index (κ1) is 12.0. The molecule has 1 fully saturated rings. The van der Waals surface area contributed by atoms with E-state index in [1.54, 1.807) is 0 Å². The van der Waals surface area contributed by atoms with Crippen LogP contribution in [0.5, 0.6) is 0 Å². The lowest BCUT2D eigenvalue weighted by Gasteiger charge is -2.22. The number of aromatic nitrogens is 3. The number of likely N-dealkylation sites (N-methyl/N-ethyl adjacent to an activating group) is 1. The van der Waals surface area contributed by atoms with Crippen LogP contribution in [-0.2, 0) is 6.42 Å². The van der Waals surface area contributed by atoms with Gasteiger partial charge in [0, 0.05) is 25.6 Å². The second-order valence-corrected chi connectivity index (χ2v) is 4.31. The predicted octanol–water partition coefficient (Wildman–Crippen LogP) is 0.191. The molecule has 94 valence electrons. The summed E-state index contributed by atoms with van der Waals surface area (Å²) in [6.07, 6.45) is 2.88. The summed E-state index contributed by atoms with van der Waals surface area (Å²) >= 11 is 0. The second kappa shape index (κ2) is 5.27. The highest BCUT2D eigenvalue weighted by atomic mass is 16.2. The fraction of sp³-hybridized carbons (Fsp3) is 0.727. The van der Waals surface area contributed by atoms with Crippen LogP contribution in [0.3, 0.4) is 0 Å². The Morgan fingerprint density at radius 3 is 3.12 bits per heavy atom. The van der Waals surface area contributed by atoms with E-state index in [0.29, 0.717) is 5.82 Å². The summed E-state index contributed by atoms with van der Waals surface area (Å²) in [6.45, 7) is 3.62. The molecule has 1 saturated heterocycles. The van der Waals surface area contributed by atoms with Crippen LogP contribution in [0.25, 0.3) is 0 Å². The van der Waals surface area contributed by atoms with Gasteiger partial charge in [0.25, 0.3) is 5.91 Å². The van der Waals surface area contributed by atoms with Crippen molar-refractivity contribution in [1.82, 2.24) is 25.4 Å². The van der Waals surface area contributed by atoms with E-state index in [0.717, 1.165) is 38.2 Å². The van der Waals surface area contributed by atoms with Crippen molar-refractivity contribution in [3.63, 3.8) is 0 Å². The second-order valence-electron chi connectivity index (χ2n) is 4.31. The number of aromatic amines is 1. The summed E-state index contributed by atoms with van der Waals surface area (Å²) in [5.74, 6) is 1.00. The first-order valence-corrected chi connectivity index (χ1v) is 6.13. The summed E-state index contributed by atoms with van der Waals surface area (Å²) in [5.41, 5.74) is 0. The maximum atomic E-state index is 12.2. The highest BCUT2D eigenvalue weighted by molar-refractivity contribution is 5.90. The molecule has 6 nitrogen and oxygen atoms in total. The number of aryl methyl sites for hydroxylation is 1. The van der Waals surface area contributed by atoms with Crippen molar-refractivity contribution in [3.05, 3.63) is 11.6 Å². The minimum Gasteiger partial charge on any atom is -0.332 e. The van der Waals surface area contributed by atoms with Gasteiger partial charge < -0.3 is 10.2 Å². The molecule has 2 rings (SSSR count). The van der Waals surface area contributed by atoms with Gasteiger partial charge >= 0.3 is 0 Å². The molecule has 1 aliphatic rings. The molecule has 0 bridgehead atoms. The molecule has 0 aromatic carbocycles. The van der Waals surface area contributed by atoms with Gasteiger partial charge in [0.05, 0.1) is 0 Å². The number of likely N-dealkylation sites (tertiary alicyclic amines) is 1. The maximum Gasteiger partial charge on any atom is 0.293 e. The molecule has 1 aliphatic heterocycles. The molecule has 0 aliphatic carbocycles. The van der Waals surface area contributed by atoms with Gasteiger partial charge in [-0.3, -0.25) is 9.89 Å². The zero-order valence-corrected chi connectivity index (χ0v) is 10.4. The van der Waals surface area contributed by atoms with Crippen molar-refractivity contribution >= 4 is 5.91 Å². The van der Waals surface area contributed by atoms with E-state index in [1.165, 1.54) is 0 Å². The van der Waals surface area contributed by atoms with Crippen LogP contribution in [0.15, 0.2) is 0 Å². The van der Waals surface area contributed by atoms with Gasteiger partial charge in [0.15, 0.2) is 0 Å². The average molecular weight is 237 g/mol. The molecule has 2 N–H and O–H groups in total. The van der Waals surface area contributed by atoms with Gasteiger partial charge in [-0.05, 0) is 19.9 Å². The number of rotatable bonds is 4. The van der Waals surface area contributed by atoms with Crippen LogP contribution in [0, 0.1) is 0 Å². The van der Waals surface area contributed by atoms with Crippen molar-refractivity contribution < 1.29 is 4.79 Å². The number of nitrogens with zero attached hydrogens (tertiary/aromatic N) is 3. The van der Waals surface area contributed by atoms with E-state index in [1.807, 2.05) is 18.9 Å². The third-order valence-corrected chi connectivity index (χ3v) is 3.14. The lowest BCUT2D eigenvalue weighted by molar-refractivity contribution is 0.0725. The molecule has 1 aromatic heterocycles. The number of nitrogens with one attached hydrogen (secondary N) is 2. The number of amides is 1. The van der Waals surface area contributed by atoms with Crippen LogP contribution in [0.1, 0.15) is 36.2 Å². The van der Waals surface area contributed by atoms with Gasteiger partial charge in [-0.15, -0.1) is 5.10 Å². The molecule has 2 heterocycles. The summed E-state index contributed by atoms with van der Waals surface area (Å²) in [7, 11) is 1.91. The smallest absolute Gasteiger partial charge is 0.293 e. The van der Waals surface area contributed by atoms with Gasteiger partial charge in [0.1, 0.15) is 5.82 Å².